The molecule has 1 saturated heterocycles. The van der Waals surface area contributed by atoms with Crippen LogP contribution in [0.25, 0.3) is 0 Å². The van der Waals surface area contributed by atoms with Crippen LogP contribution in [-0.2, 0) is 31.3 Å². The lowest BCUT2D eigenvalue weighted by molar-refractivity contribution is -0.122. The Kier molecular flexibility index (Phi) is 8.89. The minimum Gasteiger partial charge on any atom is -0.355 e. The second kappa shape index (κ2) is 11.8. The predicted octanol–water partition coefficient (Wildman–Crippen LogP) is 3.25. The monoisotopic (exact) mass is 581 g/mol. The SMILES string of the molecule is C=CS(=O)(=O)NC[C@H]1CCN(S(=O)(=O)c2ccc(C(CC3CC3(F)F)C(=O)NCCc3ccccc3)cc2)C1. The summed E-state index contributed by atoms with van der Waals surface area (Å²) >= 11 is 0. The van der Waals surface area contributed by atoms with Gasteiger partial charge in [-0.15, -0.1) is 0 Å². The van der Waals surface area contributed by atoms with Crippen LogP contribution in [0.5, 0.6) is 0 Å². The number of alkyl halides is 2. The lowest BCUT2D eigenvalue weighted by Crippen LogP contribution is -2.32. The summed E-state index contributed by atoms with van der Waals surface area (Å²) in [5.41, 5.74) is 1.52. The number of nitrogens with zero attached hydrogens (tertiary/aromatic N) is 1. The van der Waals surface area contributed by atoms with Crippen LogP contribution in [0.2, 0.25) is 0 Å². The number of benzene rings is 2. The Morgan fingerprint density at radius 3 is 2.38 bits per heavy atom. The molecule has 4 rings (SSSR count). The zero-order chi connectivity index (χ0) is 28.3. The van der Waals surface area contributed by atoms with Crippen LogP contribution in [0.3, 0.4) is 0 Å². The first-order valence-electron chi connectivity index (χ1n) is 12.8. The maximum atomic E-state index is 13.7. The van der Waals surface area contributed by atoms with Crippen LogP contribution in [0, 0.1) is 11.8 Å². The first kappa shape index (κ1) is 29.3. The molecule has 3 atom stereocenters. The third-order valence-corrected chi connectivity index (χ3v) is 10.2. The van der Waals surface area contributed by atoms with E-state index >= 15 is 0 Å². The third-order valence-electron chi connectivity index (χ3n) is 7.31. The number of nitrogens with one attached hydrogen (secondary N) is 2. The Morgan fingerprint density at radius 1 is 1.10 bits per heavy atom. The molecule has 0 aromatic heterocycles. The topological polar surface area (TPSA) is 113 Å². The Bertz CT molecular complexity index is 1380. The number of sulfonamides is 2. The molecule has 1 amide bonds. The van der Waals surface area contributed by atoms with Crippen LogP contribution in [0.4, 0.5) is 8.78 Å². The van der Waals surface area contributed by atoms with Crippen molar-refractivity contribution in [1.29, 1.82) is 0 Å². The minimum atomic E-state index is -3.85. The summed E-state index contributed by atoms with van der Waals surface area (Å²) in [7, 11) is -7.45. The second-order valence-electron chi connectivity index (χ2n) is 10.1. The predicted molar refractivity (Wildman–Crippen MR) is 144 cm³/mol. The Balaban J connectivity index is 1.41. The van der Waals surface area contributed by atoms with Gasteiger partial charge in [-0.2, -0.15) is 4.31 Å². The highest BCUT2D eigenvalue weighted by atomic mass is 32.2. The number of hydrogen-bond donors (Lipinski definition) is 2. The lowest BCUT2D eigenvalue weighted by Gasteiger charge is -2.19. The molecule has 0 bridgehead atoms. The summed E-state index contributed by atoms with van der Waals surface area (Å²) in [6.45, 7) is 4.10. The lowest BCUT2D eigenvalue weighted by atomic mass is 9.92. The van der Waals surface area contributed by atoms with Gasteiger partial charge in [0.25, 0.3) is 5.92 Å². The van der Waals surface area contributed by atoms with E-state index in [0.29, 0.717) is 24.9 Å². The van der Waals surface area contributed by atoms with Crippen molar-refractivity contribution in [2.75, 3.05) is 26.2 Å². The summed E-state index contributed by atoms with van der Waals surface area (Å²) in [5, 5.41) is 3.65. The van der Waals surface area contributed by atoms with Crippen molar-refractivity contribution in [3.8, 4) is 0 Å². The van der Waals surface area contributed by atoms with Crippen molar-refractivity contribution in [3.05, 3.63) is 77.7 Å². The molecule has 1 heterocycles. The van der Waals surface area contributed by atoms with E-state index in [-0.39, 0.29) is 49.2 Å². The molecule has 2 aliphatic rings. The standard InChI is InChI=1S/C27H33F2N3O5S2/c1-2-38(34,35)31-18-21-13-15-32(19-21)39(36,37)24-10-8-22(9-11-24)25(16-23-17-27(23,28)29)26(33)30-14-12-20-6-4-3-5-7-20/h2-11,21,23,25,31H,1,12-19H2,(H,30,33)/t21-,23?,25?/m1/s1. The number of carbonyl (C=O) groups is 1. The number of rotatable bonds is 13. The molecule has 212 valence electrons. The Labute approximate surface area is 228 Å². The molecule has 0 radical (unpaired) electrons. The van der Waals surface area contributed by atoms with Gasteiger partial charge in [-0.25, -0.2) is 30.3 Å². The molecule has 12 heteroatoms. The molecule has 1 aliphatic heterocycles. The second-order valence-corrected chi connectivity index (χ2v) is 13.8. The van der Waals surface area contributed by atoms with Gasteiger partial charge in [0.1, 0.15) is 0 Å². The molecule has 39 heavy (non-hydrogen) atoms. The Morgan fingerprint density at radius 2 is 1.77 bits per heavy atom. The van der Waals surface area contributed by atoms with Gasteiger partial charge < -0.3 is 5.32 Å². The number of halogens is 2. The molecular weight excluding hydrogens is 548 g/mol. The molecule has 8 nitrogen and oxygen atoms in total. The molecule has 2 N–H and O–H groups in total. The largest absolute Gasteiger partial charge is 0.355 e. The molecule has 2 fully saturated rings. The van der Waals surface area contributed by atoms with Crippen LogP contribution < -0.4 is 10.0 Å². The van der Waals surface area contributed by atoms with Gasteiger partial charge in [0.2, 0.25) is 26.0 Å². The van der Waals surface area contributed by atoms with Crippen LogP contribution in [0.15, 0.2) is 71.5 Å². The molecule has 1 aliphatic carbocycles. The average Bonchev–Trinajstić information content (AvgIpc) is 3.27. The highest BCUT2D eigenvalue weighted by Crippen LogP contribution is 2.53. The van der Waals surface area contributed by atoms with Gasteiger partial charge in [0, 0.05) is 43.9 Å². The van der Waals surface area contributed by atoms with E-state index in [0.717, 1.165) is 11.0 Å². The average molecular weight is 582 g/mol. The van der Waals surface area contributed by atoms with E-state index in [1.807, 2.05) is 30.3 Å². The zero-order valence-corrected chi connectivity index (χ0v) is 23.1. The fourth-order valence-electron chi connectivity index (χ4n) is 4.80. The van der Waals surface area contributed by atoms with E-state index in [4.69, 9.17) is 0 Å². The quantitative estimate of drug-likeness (QED) is 0.377. The van der Waals surface area contributed by atoms with Crippen molar-refractivity contribution < 1.29 is 30.4 Å². The molecule has 2 aromatic rings. The zero-order valence-electron chi connectivity index (χ0n) is 21.4. The first-order valence-corrected chi connectivity index (χ1v) is 15.8. The van der Waals surface area contributed by atoms with E-state index < -0.39 is 37.8 Å². The highest BCUT2D eigenvalue weighted by molar-refractivity contribution is 7.92. The molecular formula is C27H33F2N3O5S2. The van der Waals surface area contributed by atoms with Gasteiger partial charge in [-0.3, -0.25) is 4.79 Å². The van der Waals surface area contributed by atoms with E-state index in [2.05, 4.69) is 16.6 Å². The maximum absolute atomic E-state index is 13.7. The summed E-state index contributed by atoms with van der Waals surface area (Å²) in [4.78, 5) is 13.1. The van der Waals surface area contributed by atoms with Gasteiger partial charge in [-0.05, 0) is 48.4 Å². The van der Waals surface area contributed by atoms with Crippen LogP contribution in [-0.4, -0.2) is 59.1 Å². The smallest absolute Gasteiger partial charge is 0.251 e. The van der Waals surface area contributed by atoms with E-state index in [1.54, 1.807) is 0 Å². The number of hydrogen-bond acceptors (Lipinski definition) is 5. The summed E-state index contributed by atoms with van der Waals surface area (Å²) in [6.07, 6.45) is 0.816. The summed E-state index contributed by atoms with van der Waals surface area (Å²) < 4.78 is 80.7. The first-order chi connectivity index (χ1) is 18.4. The fourth-order valence-corrected chi connectivity index (χ4v) is 6.92. The van der Waals surface area contributed by atoms with Crippen LogP contribution in [0.1, 0.15) is 36.3 Å². The normalized spacial score (nSPS) is 21.8. The number of amides is 1. The van der Waals surface area contributed by atoms with Crippen molar-refractivity contribution in [2.45, 2.75) is 42.4 Å². The van der Waals surface area contributed by atoms with Gasteiger partial charge in [-0.1, -0.05) is 49.0 Å². The Hall–Kier alpha value is -2.67. The van der Waals surface area contributed by atoms with Gasteiger partial charge in [0.15, 0.2) is 0 Å². The summed E-state index contributed by atoms with van der Waals surface area (Å²) in [5.74, 6) is -5.04. The van der Waals surface area contributed by atoms with E-state index in [1.165, 1.54) is 28.6 Å². The van der Waals surface area contributed by atoms with E-state index in [9.17, 15) is 30.4 Å². The van der Waals surface area contributed by atoms with Crippen molar-refractivity contribution in [2.24, 2.45) is 11.8 Å². The molecule has 2 unspecified atom stereocenters. The van der Waals surface area contributed by atoms with Gasteiger partial charge >= 0.3 is 0 Å². The summed E-state index contributed by atoms with van der Waals surface area (Å²) in [6, 6.07) is 15.4. The van der Waals surface area contributed by atoms with Gasteiger partial charge in [0.05, 0.1) is 10.8 Å². The molecule has 0 spiro atoms. The van der Waals surface area contributed by atoms with Crippen molar-refractivity contribution in [3.63, 3.8) is 0 Å². The maximum Gasteiger partial charge on any atom is 0.251 e. The van der Waals surface area contributed by atoms with Crippen molar-refractivity contribution >= 4 is 26.0 Å². The van der Waals surface area contributed by atoms with Crippen molar-refractivity contribution in [1.82, 2.24) is 14.3 Å². The van der Waals surface area contributed by atoms with Crippen LogP contribution >= 0.6 is 0 Å². The molecule has 1 saturated carbocycles. The highest BCUT2D eigenvalue weighted by Gasteiger charge is 2.57. The minimum absolute atomic E-state index is 0.0231. The third kappa shape index (κ3) is 7.50. The fraction of sp³-hybridized carbons (Fsp3) is 0.444. The molecule has 2 aromatic carbocycles. The number of carbonyl (C=O) groups excluding carboxylic acids is 1.